The van der Waals surface area contributed by atoms with E-state index in [9.17, 15) is 21.6 Å². The van der Waals surface area contributed by atoms with Gasteiger partial charge in [0.05, 0.1) is 0 Å². The summed E-state index contributed by atoms with van der Waals surface area (Å²) in [5.41, 5.74) is -4.82. The average molecular weight is 269 g/mol. The summed E-state index contributed by atoms with van der Waals surface area (Å²) in [5, 5.41) is 8.62. The van der Waals surface area contributed by atoms with Gasteiger partial charge in [0.2, 0.25) is 0 Å². The normalized spacial score (nSPS) is 12.5. The lowest BCUT2D eigenvalue weighted by atomic mass is 10.1. The minimum Gasteiger partial charge on any atom is -0.396 e. The molecule has 1 aromatic carbocycles. The highest BCUT2D eigenvalue weighted by molar-refractivity contribution is 7.93. The fraction of sp³-hybridized carbons (Fsp3) is 0.333. The summed E-state index contributed by atoms with van der Waals surface area (Å²) in [7, 11) is -5.38. The molecular formula is C9H10F3NO3S. The number of nitrogens with one attached hydrogen (secondary N) is 1. The topological polar surface area (TPSA) is 66.4 Å². The fourth-order valence-corrected chi connectivity index (χ4v) is 1.64. The Morgan fingerprint density at radius 3 is 2.12 bits per heavy atom. The SMILES string of the molecule is O=S(=O)(Nc1ccc(CCO)cc1)C(F)(F)F. The Kier molecular flexibility index (Phi) is 3.99. The van der Waals surface area contributed by atoms with Crippen molar-refractivity contribution in [1.82, 2.24) is 0 Å². The van der Waals surface area contributed by atoms with Gasteiger partial charge >= 0.3 is 15.5 Å². The second kappa shape index (κ2) is 4.92. The first kappa shape index (κ1) is 13.8. The molecule has 0 aliphatic carbocycles. The quantitative estimate of drug-likeness (QED) is 0.870. The molecular weight excluding hydrogens is 259 g/mol. The van der Waals surface area contributed by atoms with Crippen molar-refractivity contribution in [3.63, 3.8) is 0 Å². The largest absolute Gasteiger partial charge is 0.516 e. The van der Waals surface area contributed by atoms with Crippen LogP contribution < -0.4 is 4.72 Å². The van der Waals surface area contributed by atoms with Crippen molar-refractivity contribution in [3.05, 3.63) is 29.8 Å². The summed E-state index contributed by atoms with van der Waals surface area (Å²) in [6.07, 6.45) is 0.353. The first-order chi connectivity index (χ1) is 7.76. The molecule has 1 rings (SSSR count). The number of aliphatic hydroxyl groups excluding tert-OH is 1. The van der Waals surface area contributed by atoms with E-state index in [1.54, 1.807) is 0 Å². The molecule has 0 bridgehead atoms. The first-order valence-electron chi connectivity index (χ1n) is 4.55. The molecule has 0 saturated heterocycles. The van der Waals surface area contributed by atoms with Crippen LogP contribution >= 0.6 is 0 Å². The number of hydrogen-bond donors (Lipinski definition) is 2. The van der Waals surface area contributed by atoms with E-state index < -0.39 is 15.5 Å². The summed E-state index contributed by atoms with van der Waals surface area (Å²) >= 11 is 0. The molecule has 0 aliphatic rings. The number of alkyl halides is 3. The molecule has 0 aliphatic heterocycles. The molecule has 0 fully saturated rings. The zero-order chi connectivity index (χ0) is 13.1. The van der Waals surface area contributed by atoms with Crippen LogP contribution in [-0.2, 0) is 16.4 Å². The summed E-state index contributed by atoms with van der Waals surface area (Å²) in [4.78, 5) is 0. The summed E-state index contributed by atoms with van der Waals surface area (Å²) in [5.74, 6) is 0. The van der Waals surface area contributed by atoms with Gasteiger partial charge in [-0.2, -0.15) is 21.6 Å². The van der Waals surface area contributed by atoms with Crippen LogP contribution in [0.15, 0.2) is 24.3 Å². The minimum atomic E-state index is -5.38. The third kappa shape index (κ3) is 3.60. The van der Waals surface area contributed by atoms with Gasteiger partial charge in [0.25, 0.3) is 0 Å². The number of aliphatic hydroxyl groups is 1. The van der Waals surface area contributed by atoms with Crippen LogP contribution in [-0.4, -0.2) is 25.6 Å². The highest BCUT2D eigenvalue weighted by atomic mass is 32.2. The number of hydrogen-bond acceptors (Lipinski definition) is 3. The lowest BCUT2D eigenvalue weighted by molar-refractivity contribution is -0.0429. The maximum absolute atomic E-state index is 12.0. The van der Waals surface area contributed by atoms with Crippen molar-refractivity contribution in [3.8, 4) is 0 Å². The Morgan fingerprint density at radius 2 is 1.71 bits per heavy atom. The van der Waals surface area contributed by atoms with Gasteiger partial charge in [0.1, 0.15) is 0 Å². The average Bonchev–Trinajstić information content (AvgIpc) is 2.19. The Morgan fingerprint density at radius 1 is 1.18 bits per heavy atom. The van der Waals surface area contributed by atoms with E-state index in [4.69, 9.17) is 5.11 Å². The van der Waals surface area contributed by atoms with E-state index in [0.29, 0.717) is 12.0 Å². The van der Waals surface area contributed by atoms with Crippen LogP contribution in [0.1, 0.15) is 5.56 Å². The summed E-state index contributed by atoms with van der Waals surface area (Å²) in [6.45, 7) is -0.0897. The second-order valence-corrected chi connectivity index (χ2v) is 4.90. The smallest absolute Gasteiger partial charge is 0.396 e. The van der Waals surface area contributed by atoms with Crippen molar-refractivity contribution >= 4 is 15.7 Å². The van der Waals surface area contributed by atoms with E-state index in [0.717, 1.165) is 0 Å². The third-order valence-electron chi connectivity index (χ3n) is 1.91. The highest BCUT2D eigenvalue weighted by Crippen LogP contribution is 2.25. The fourth-order valence-electron chi connectivity index (χ4n) is 1.08. The number of benzene rings is 1. The van der Waals surface area contributed by atoms with Crippen molar-refractivity contribution in [1.29, 1.82) is 0 Å². The van der Waals surface area contributed by atoms with Gasteiger partial charge in [0.15, 0.2) is 0 Å². The molecule has 0 aromatic heterocycles. The van der Waals surface area contributed by atoms with Crippen molar-refractivity contribution < 1.29 is 26.7 Å². The predicted molar refractivity (Wildman–Crippen MR) is 55.8 cm³/mol. The molecule has 0 saturated carbocycles. The zero-order valence-corrected chi connectivity index (χ0v) is 9.35. The lowest BCUT2D eigenvalue weighted by Gasteiger charge is -2.10. The van der Waals surface area contributed by atoms with Crippen LogP contribution in [0.2, 0.25) is 0 Å². The Hall–Kier alpha value is -1.28. The van der Waals surface area contributed by atoms with Crippen LogP contribution in [0, 0.1) is 0 Å². The first-order valence-corrected chi connectivity index (χ1v) is 6.03. The molecule has 8 heteroatoms. The molecule has 0 atom stereocenters. The van der Waals surface area contributed by atoms with Crippen molar-refractivity contribution in [2.75, 3.05) is 11.3 Å². The molecule has 0 heterocycles. The van der Waals surface area contributed by atoms with E-state index >= 15 is 0 Å². The van der Waals surface area contributed by atoms with E-state index in [-0.39, 0.29) is 12.3 Å². The van der Waals surface area contributed by atoms with Gasteiger partial charge in [-0.25, -0.2) is 0 Å². The molecule has 17 heavy (non-hydrogen) atoms. The third-order valence-corrected chi connectivity index (χ3v) is 3.03. The standard InChI is InChI=1S/C9H10F3NO3S/c10-9(11,12)17(15,16)13-8-3-1-7(2-4-8)5-6-14/h1-4,13-14H,5-6H2. The maximum Gasteiger partial charge on any atom is 0.516 e. The lowest BCUT2D eigenvalue weighted by Crippen LogP contribution is -2.29. The molecule has 0 spiro atoms. The molecule has 1 aromatic rings. The minimum absolute atomic E-state index is 0.0897. The van der Waals surface area contributed by atoms with Gasteiger partial charge in [-0.05, 0) is 24.1 Å². The van der Waals surface area contributed by atoms with E-state index in [2.05, 4.69) is 0 Å². The Balaban J connectivity index is 2.83. The number of rotatable bonds is 4. The Labute approximate surface area is 96.1 Å². The molecule has 4 nitrogen and oxygen atoms in total. The molecule has 96 valence electrons. The van der Waals surface area contributed by atoms with Crippen molar-refractivity contribution in [2.45, 2.75) is 11.9 Å². The van der Waals surface area contributed by atoms with Gasteiger partial charge in [0, 0.05) is 12.3 Å². The van der Waals surface area contributed by atoms with Crippen LogP contribution in [0.5, 0.6) is 0 Å². The van der Waals surface area contributed by atoms with Gasteiger partial charge < -0.3 is 5.11 Å². The van der Waals surface area contributed by atoms with E-state index in [1.165, 1.54) is 29.0 Å². The van der Waals surface area contributed by atoms with Gasteiger partial charge in [-0.15, -0.1) is 0 Å². The number of sulfonamides is 1. The maximum atomic E-state index is 12.0. The molecule has 0 amide bonds. The van der Waals surface area contributed by atoms with Gasteiger partial charge in [-0.1, -0.05) is 12.1 Å². The summed E-state index contributed by atoms with van der Waals surface area (Å²) in [6, 6.07) is 5.28. The predicted octanol–water partition coefficient (Wildman–Crippen LogP) is 1.48. The molecule has 2 N–H and O–H groups in total. The number of anilines is 1. The molecule has 0 unspecified atom stereocenters. The van der Waals surface area contributed by atoms with E-state index in [1.807, 2.05) is 0 Å². The van der Waals surface area contributed by atoms with Crippen LogP contribution in [0.4, 0.5) is 18.9 Å². The van der Waals surface area contributed by atoms with Crippen LogP contribution in [0.3, 0.4) is 0 Å². The molecule has 0 radical (unpaired) electrons. The monoisotopic (exact) mass is 269 g/mol. The number of halogens is 3. The summed E-state index contributed by atoms with van der Waals surface area (Å²) < 4.78 is 59.0. The van der Waals surface area contributed by atoms with Crippen molar-refractivity contribution in [2.24, 2.45) is 0 Å². The zero-order valence-electron chi connectivity index (χ0n) is 8.53. The van der Waals surface area contributed by atoms with Crippen LogP contribution in [0.25, 0.3) is 0 Å². The van der Waals surface area contributed by atoms with Gasteiger partial charge in [-0.3, -0.25) is 4.72 Å². The Bertz CT molecular complexity index is 467. The second-order valence-electron chi connectivity index (χ2n) is 3.22. The highest BCUT2D eigenvalue weighted by Gasteiger charge is 2.45.